The predicted octanol–water partition coefficient (Wildman–Crippen LogP) is 3.04. The first-order valence-electron chi connectivity index (χ1n) is 6.09. The summed E-state index contributed by atoms with van der Waals surface area (Å²) < 4.78 is 26.7. The smallest absolute Gasteiger partial charge is 0.253 e. The monoisotopic (exact) mass is 276 g/mol. The summed E-state index contributed by atoms with van der Waals surface area (Å²) in [5.74, 6) is -1.51. The lowest BCUT2D eigenvalue weighted by Crippen LogP contribution is -2.28. The Morgan fingerprint density at radius 3 is 2.60 bits per heavy atom. The summed E-state index contributed by atoms with van der Waals surface area (Å²) in [4.78, 5) is 12.0. The minimum Gasteiger partial charge on any atom is -0.398 e. The van der Waals surface area contributed by atoms with Gasteiger partial charge in [-0.25, -0.2) is 8.78 Å². The van der Waals surface area contributed by atoms with E-state index in [-0.39, 0.29) is 11.3 Å². The molecule has 1 amide bonds. The molecule has 2 aromatic carbocycles. The number of halogens is 2. The van der Waals surface area contributed by atoms with Gasteiger partial charge in [0.25, 0.3) is 5.91 Å². The summed E-state index contributed by atoms with van der Waals surface area (Å²) in [6.45, 7) is 1.64. The second-order valence-electron chi connectivity index (χ2n) is 4.45. The lowest BCUT2D eigenvalue weighted by Gasteiger charge is -2.15. The van der Waals surface area contributed by atoms with Gasteiger partial charge < -0.3 is 11.1 Å². The minimum atomic E-state index is -0.553. The SMILES string of the molecule is C[C@@H](NC(=O)c1cc(F)ccc1N)c1ccccc1F. The van der Waals surface area contributed by atoms with Crippen LogP contribution in [0.25, 0.3) is 0 Å². The van der Waals surface area contributed by atoms with Crippen LogP contribution in [-0.2, 0) is 0 Å². The van der Waals surface area contributed by atoms with Gasteiger partial charge in [-0.15, -0.1) is 0 Å². The number of nitrogens with two attached hydrogens (primary N) is 1. The van der Waals surface area contributed by atoms with E-state index >= 15 is 0 Å². The zero-order valence-corrected chi connectivity index (χ0v) is 10.9. The molecule has 1 atom stereocenters. The standard InChI is InChI=1S/C15H14F2N2O/c1-9(11-4-2-3-5-13(11)17)19-15(20)12-8-10(16)6-7-14(12)18/h2-9H,18H2,1H3,(H,19,20)/t9-/m1/s1. The van der Waals surface area contributed by atoms with Crippen molar-refractivity contribution in [3.63, 3.8) is 0 Å². The number of anilines is 1. The van der Waals surface area contributed by atoms with Crippen molar-refractivity contribution in [2.24, 2.45) is 0 Å². The summed E-state index contributed by atoms with van der Waals surface area (Å²) in [7, 11) is 0. The van der Waals surface area contributed by atoms with Crippen LogP contribution in [0.3, 0.4) is 0 Å². The minimum absolute atomic E-state index is 0.0354. The molecule has 0 saturated heterocycles. The molecule has 20 heavy (non-hydrogen) atoms. The number of nitrogen functional groups attached to an aromatic ring is 1. The van der Waals surface area contributed by atoms with Crippen LogP contribution < -0.4 is 11.1 Å². The van der Waals surface area contributed by atoms with Crippen LogP contribution in [0, 0.1) is 11.6 Å². The number of carbonyl (C=O) groups excluding carboxylic acids is 1. The number of amides is 1. The fourth-order valence-electron chi connectivity index (χ4n) is 1.90. The molecule has 0 radical (unpaired) electrons. The Balaban J connectivity index is 2.20. The van der Waals surface area contributed by atoms with Crippen molar-refractivity contribution in [3.05, 3.63) is 65.2 Å². The van der Waals surface area contributed by atoms with Crippen molar-refractivity contribution in [2.75, 3.05) is 5.73 Å². The summed E-state index contributed by atoms with van der Waals surface area (Å²) in [5, 5.41) is 2.60. The Morgan fingerprint density at radius 2 is 1.90 bits per heavy atom. The highest BCUT2D eigenvalue weighted by atomic mass is 19.1. The van der Waals surface area contributed by atoms with E-state index in [1.54, 1.807) is 25.1 Å². The van der Waals surface area contributed by atoms with Crippen LogP contribution in [-0.4, -0.2) is 5.91 Å². The Kier molecular flexibility index (Phi) is 3.98. The van der Waals surface area contributed by atoms with E-state index in [4.69, 9.17) is 5.73 Å². The third-order valence-corrected chi connectivity index (χ3v) is 2.98. The number of hydrogen-bond donors (Lipinski definition) is 2. The van der Waals surface area contributed by atoms with Crippen molar-refractivity contribution in [1.29, 1.82) is 0 Å². The molecule has 0 aliphatic rings. The third-order valence-electron chi connectivity index (χ3n) is 2.98. The summed E-state index contributed by atoms with van der Waals surface area (Å²) >= 11 is 0. The maximum absolute atomic E-state index is 13.6. The third kappa shape index (κ3) is 2.93. The predicted molar refractivity (Wildman–Crippen MR) is 73.1 cm³/mol. The molecule has 0 aromatic heterocycles. The van der Waals surface area contributed by atoms with E-state index in [1.165, 1.54) is 18.2 Å². The van der Waals surface area contributed by atoms with Crippen molar-refractivity contribution in [2.45, 2.75) is 13.0 Å². The maximum Gasteiger partial charge on any atom is 0.253 e. The van der Waals surface area contributed by atoms with E-state index in [0.29, 0.717) is 5.56 Å². The largest absolute Gasteiger partial charge is 0.398 e. The second-order valence-corrected chi connectivity index (χ2v) is 4.45. The average molecular weight is 276 g/mol. The first kappa shape index (κ1) is 14.0. The molecule has 2 aromatic rings. The van der Waals surface area contributed by atoms with Gasteiger partial charge >= 0.3 is 0 Å². The second kappa shape index (κ2) is 5.69. The van der Waals surface area contributed by atoms with Gasteiger partial charge in [-0.2, -0.15) is 0 Å². The van der Waals surface area contributed by atoms with Crippen molar-refractivity contribution >= 4 is 11.6 Å². The normalized spacial score (nSPS) is 11.9. The molecule has 2 rings (SSSR count). The van der Waals surface area contributed by atoms with E-state index in [0.717, 1.165) is 6.07 Å². The Labute approximate surface area is 115 Å². The lowest BCUT2D eigenvalue weighted by molar-refractivity contribution is 0.0940. The number of rotatable bonds is 3. The van der Waals surface area contributed by atoms with Gasteiger partial charge in [-0.1, -0.05) is 18.2 Å². The molecule has 0 unspecified atom stereocenters. The summed E-state index contributed by atoms with van der Waals surface area (Å²) in [6, 6.07) is 9.13. The zero-order valence-electron chi connectivity index (χ0n) is 10.9. The van der Waals surface area contributed by atoms with E-state index in [9.17, 15) is 13.6 Å². The van der Waals surface area contributed by atoms with Crippen molar-refractivity contribution < 1.29 is 13.6 Å². The van der Waals surface area contributed by atoms with Crippen molar-refractivity contribution in [1.82, 2.24) is 5.32 Å². The molecular formula is C15H14F2N2O. The van der Waals surface area contributed by atoms with Crippen LogP contribution in [0.1, 0.15) is 28.9 Å². The molecule has 0 saturated carbocycles. The van der Waals surface area contributed by atoms with Crippen LogP contribution in [0.4, 0.5) is 14.5 Å². The molecular weight excluding hydrogens is 262 g/mol. The topological polar surface area (TPSA) is 55.1 Å². The van der Waals surface area contributed by atoms with Gasteiger partial charge in [-0.05, 0) is 31.2 Å². The van der Waals surface area contributed by atoms with Gasteiger partial charge in [-0.3, -0.25) is 4.79 Å². The molecule has 3 nitrogen and oxygen atoms in total. The van der Waals surface area contributed by atoms with Gasteiger partial charge in [0.05, 0.1) is 11.6 Å². The van der Waals surface area contributed by atoms with Gasteiger partial charge in [0.1, 0.15) is 11.6 Å². The molecule has 3 N–H and O–H groups in total. The van der Waals surface area contributed by atoms with Gasteiger partial charge in [0, 0.05) is 11.3 Å². The molecule has 0 fully saturated rings. The van der Waals surface area contributed by atoms with Gasteiger partial charge in [0.2, 0.25) is 0 Å². The fourth-order valence-corrected chi connectivity index (χ4v) is 1.90. The Bertz CT molecular complexity index is 644. The van der Waals surface area contributed by atoms with Crippen LogP contribution in [0.5, 0.6) is 0 Å². The van der Waals surface area contributed by atoms with Gasteiger partial charge in [0.15, 0.2) is 0 Å². The maximum atomic E-state index is 13.6. The number of benzene rings is 2. The molecule has 5 heteroatoms. The zero-order chi connectivity index (χ0) is 14.7. The summed E-state index contributed by atoms with van der Waals surface area (Å²) in [6.07, 6.45) is 0. The lowest BCUT2D eigenvalue weighted by atomic mass is 10.1. The van der Waals surface area contributed by atoms with Crippen LogP contribution in [0.2, 0.25) is 0 Å². The molecule has 104 valence electrons. The highest BCUT2D eigenvalue weighted by molar-refractivity contribution is 5.99. The summed E-state index contributed by atoms with van der Waals surface area (Å²) in [5.41, 5.74) is 6.20. The molecule has 0 spiro atoms. The van der Waals surface area contributed by atoms with E-state index in [1.807, 2.05) is 0 Å². The van der Waals surface area contributed by atoms with E-state index < -0.39 is 23.6 Å². The fraction of sp³-hybridized carbons (Fsp3) is 0.133. The van der Waals surface area contributed by atoms with Crippen LogP contribution >= 0.6 is 0 Å². The molecule has 0 heterocycles. The Hall–Kier alpha value is -2.43. The number of nitrogens with one attached hydrogen (secondary N) is 1. The van der Waals surface area contributed by atoms with E-state index in [2.05, 4.69) is 5.32 Å². The van der Waals surface area contributed by atoms with Crippen molar-refractivity contribution in [3.8, 4) is 0 Å². The highest BCUT2D eigenvalue weighted by Gasteiger charge is 2.16. The average Bonchev–Trinajstić information content (AvgIpc) is 2.41. The first-order valence-corrected chi connectivity index (χ1v) is 6.09. The quantitative estimate of drug-likeness (QED) is 0.847. The molecule has 0 bridgehead atoms. The number of hydrogen-bond acceptors (Lipinski definition) is 2. The van der Waals surface area contributed by atoms with Crippen LogP contribution in [0.15, 0.2) is 42.5 Å². The Morgan fingerprint density at radius 1 is 1.20 bits per heavy atom. The highest BCUT2D eigenvalue weighted by Crippen LogP contribution is 2.18. The molecule has 0 aliphatic heterocycles. The first-order chi connectivity index (χ1) is 9.49. The molecule has 0 aliphatic carbocycles. The number of carbonyl (C=O) groups is 1.